The number of carbonyl (C=O) groups excluding carboxylic acids is 2. The average Bonchev–Trinajstić information content (AvgIpc) is 2.72. The minimum Gasteiger partial charge on any atom is -0.506 e. The van der Waals surface area contributed by atoms with Crippen LogP contribution in [0.5, 0.6) is 5.75 Å². The van der Waals surface area contributed by atoms with Gasteiger partial charge in [-0.1, -0.05) is 58.1 Å². The van der Waals surface area contributed by atoms with Crippen LogP contribution < -0.4 is 16.4 Å². The monoisotopic (exact) mass is 401 g/mol. The van der Waals surface area contributed by atoms with Crippen LogP contribution in [0.25, 0.3) is 10.9 Å². The van der Waals surface area contributed by atoms with Crippen molar-refractivity contribution in [2.24, 2.45) is 0 Å². The zero-order valence-electron chi connectivity index (χ0n) is 17.3. The summed E-state index contributed by atoms with van der Waals surface area (Å²) < 4.78 is 1.47. The molecule has 29 heavy (non-hydrogen) atoms. The first-order valence-corrected chi connectivity index (χ1v) is 10.4. The zero-order valence-corrected chi connectivity index (χ0v) is 17.3. The maximum atomic E-state index is 12.8. The Morgan fingerprint density at radius 1 is 0.966 bits per heavy atom. The van der Waals surface area contributed by atoms with Crippen LogP contribution in [0.15, 0.2) is 29.1 Å². The Kier molecular flexibility index (Phi) is 8.70. The lowest BCUT2D eigenvalue weighted by Crippen LogP contribution is -2.44. The molecule has 0 radical (unpaired) electrons. The Morgan fingerprint density at radius 3 is 2.38 bits per heavy atom. The van der Waals surface area contributed by atoms with Gasteiger partial charge in [-0.3, -0.25) is 25.2 Å². The number of aromatic hydroxyl groups is 1. The Hall–Kier alpha value is -2.83. The van der Waals surface area contributed by atoms with Gasteiger partial charge in [0, 0.05) is 18.4 Å². The number of nitrogens with one attached hydrogen (secondary N) is 2. The Bertz CT molecular complexity index is 905. The van der Waals surface area contributed by atoms with Crippen LogP contribution in [0.3, 0.4) is 0 Å². The Labute approximate surface area is 171 Å². The van der Waals surface area contributed by atoms with Gasteiger partial charge in [0.05, 0.1) is 5.52 Å². The summed E-state index contributed by atoms with van der Waals surface area (Å²) in [4.78, 5) is 37.3. The molecule has 0 atom stereocenters. The highest BCUT2D eigenvalue weighted by molar-refractivity contribution is 6.02. The first-order chi connectivity index (χ1) is 14.0. The zero-order chi connectivity index (χ0) is 21.2. The molecule has 2 aromatic rings. The van der Waals surface area contributed by atoms with E-state index in [2.05, 4.69) is 17.8 Å². The van der Waals surface area contributed by atoms with E-state index in [9.17, 15) is 19.5 Å². The summed E-state index contributed by atoms with van der Waals surface area (Å²) in [5.41, 5.74) is 4.23. The fraction of sp³-hybridized carbons (Fsp3) is 0.500. The van der Waals surface area contributed by atoms with Gasteiger partial charge in [-0.2, -0.15) is 0 Å². The van der Waals surface area contributed by atoms with E-state index in [4.69, 9.17) is 0 Å². The second-order valence-electron chi connectivity index (χ2n) is 7.22. The van der Waals surface area contributed by atoms with Crippen LogP contribution in [0.1, 0.15) is 75.6 Å². The lowest BCUT2D eigenvalue weighted by molar-refractivity contribution is -0.122. The molecule has 1 aromatic heterocycles. The number of amides is 2. The normalized spacial score (nSPS) is 10.8. The number of unbranched alkanes of at least 4 members (excludes halogenated alkanes) is 5. The van der Waals surface area contributed by atoms with E-state index in [1.165, 1.54) is 23.8 Å². The minimum atomic E-state index is -0.820. The smallest absolute Gasteiger partial charge is 0.279 e. The SMILES string of the molecule is CCCCCCCCC(=O)NNC(=O)c1c(O)c2ccccc2n(CCC)c1=O. The van der Waals surface area contributed by atoms with Crippen molar-refractivity contribution >= 4 is 22.7 Å². The van der Waals surface area contributed by atoms with Crippen molar-refractivity contribution in [3.8, 4) is 5.75 Å². The summed E-state index contributed by atoms with van der Waals surface area (Å²) in [5.74, 6) is -1.51. The maximum absolute atomic E-state index is 12.8. The van der Waals surface area contributed by atoms with Gasteiger partial charge in [-0.25, -0.2) is 0 Å². The van der Waals surface area contributed by atoms with Crippen LogP contribution in [0.2, 0.25) is 0 Å². The summed E-state index contributed by atoms with van der Waals surface area (Å²) in [6.07, 6.45) is 7.35. The van der Waals surface area contributed by atoms with Crippen molar-refractivity contribution < 1.29 is 14.7 Å². The first-order valence-electron chi connectivity index (χ1n) is 10.4. The molecule has 158 valence electrons. The number of carbonyl (C=O) groups is 2. The van der Waals surface area contributed by atoms with E-state index in [1.807, 2.05) is 6.92 Å². The van der Waals surface area contributed by atoms with Gasteiger partial charge >= 0.3 is 0 Å². The molecule has 0 aliphatic rings. The van der Waals surface area contributed by atoms with E-state index in [-0.39, 0.29) is 17.2 Å². The first kappa shape index (κ1) is 22.5. The number of aryl methyl sites for hydroxylation is 1. The largest absolute Gasteiger partial charge is 0.506 e. The van der Waals surface area contributed by atoms with Crippen LogP contribution in [-0.4, -0.2) is 21.5 Å². The number of fused-ring (bicyclic) bond motifs is 1. The molecule has 0 saturated heterocycles. The lowest BCUT2D eigenvalue weighted by atomic mass is 10.1. The summed E-state index contributed by atoms with van der Waals surface area (Å²) in [7, 11) is 0. The number of nitrogens with zero attached hydrogens (tertiary/aromatic N) is 1. The molecule has 3 N–H and O–H groups in total. The molecule has 0 fully saturated rings. The molecule has 2 amide bonds. The summed E-state index contributed by atoms with van der Waals surface area (Å²) >= 11 is 0. The van der Waals surface area contributed by atoms with E-state index < -0.39 is 11.5 Å². The molecule has 1 aromatic carbocycles. The number of benzene rings is 1. The third-order valence-electron chi connectivity index (χ3n) is 4.89. The van der Waals surface area contributed by atoms with Crippen molar-refractivity contribution in [1.82, 2.24) is 15.4 Å². The molecule has 2 rings (SSSR count). The van der Waals surface area contributed by atoms with Gasteiger partial charge in [0.15, 0.2) is 0 Å². The number of hydrazine groups is 1. The van der Waals surface area contributed by atoms with Gasteiger partial charge in [0.1, 0.15) is 11.3 Å². The summed E-state index contributed by atoms with van der Waals surface area (Å²) in [6, 6.07) is 6.89. The number of hydrogen-bond acceptors (Lipinski definition) is 4. The van der Waals surface area contributed by atoms with Crippen LogP contribution in [0, 0.1) is 0 Å². The van der Waals surface area contributed by atoms with E-state index >= 15 is 0 Å². The molecule has 7 nitrogen and oxygen atoms in total. The predicted octanol–water partition coefficient (Wildman–Crippen LogP) is 3.63. The predicted molar refractivity (Wildman–Crippen MR) is 114 cm³/mol. The summed E-state index contributed by atoms with van der Waals surface area (Å²) in [5, 5.41) is 10.9. The van der Waals surface area contributed by atoms with Crippen molar-refractivity contribution in [1.29, 1.82) is 0 Å². The van der Waals surface area contributed by atoms with Gasteiger partial charge in [0.2, 0.25) is 5.91 Å². The standard InChI is InChI=1S/C22H31N3O4/c1-3-5-6-7-8-9-14-18(26)23-24-21(28)19-20(27)16-12-10-11-13-17(16)25(15-4-2)22(19)29/h10-13,27H,3-9,14-15H2,1-2H3,(H,23,26)(H,24,28). The highest BCUT2D eigenvalue weighted by Gasteiger charge is 2.22. The molecule has 0 spiro atoms. The van der Waals surface area contributed by atoms with Crippen LogP contribution in [-0.2, 0) is 11.3 Å². The Balaban J connectivity index is 2.05. The topological polar surface area (TPSA) is 100 Å². The molecular formula is C22H31N3O4. The number of aromatic nitrogens is 1. The second-order valence-corrected chi connectivity index (χ2v) is 7.22. The fourth-order valence-corrected chi connectivity index (χ4v) is 3.36. The van der Waals surface area contributed by atoms with Gasteiger partial charge < -0.3 is 9.67 Å². The van der Waals surface area contributed by atoms with Gasteiger partial charge in [-0.05, 0) is 25.0 Å². The highest BCUT2D eigenvalue weighted by atomic mass is 16.3. The minimum absolute atomic E-state index is 0.302. The third kappa shape index (κ3) is 5.82. The highest BCUT2D eigenvalue weighted by Crippen LogP contribution is 2.26. The number of rotatable bonds is 10. The van der Waals surface area contributed by atoms with E-state index in [0.717, 1.165) is 19.3 Å². The molecule has 0 saturated carbocycles. The molecule has 0 unspecified atom stereocenters. The maximum Gasteiger partial charge on any atom is 0.279 e. The summed E-state index contributed by atoms with van der Waals surface area (Å²) in [6.45, 7) is 4.50. The second kappa shape index (κ2) is 11.2. The van der Waals surface area contributed by atoms with Crippen molar-refractivity contribution in [2.45, 2.75) is 71.8 Å². The average molecular weight is 402 g/mol. The van der Waals surface area contributed by atoms with Gasteiger partial charge in [-0.15, -0.1) is 0 Å². The third-order valence-corrected chi connectivity index (χ3v) is 4.89. The van der Waals surface area contributed by atoms with E-state index in [1.54, 1.807) is 24.3 Å². The van der Waals surface area contributed by atoms with Crippen LogP contribution >= 0.6 is 0 Å². The molecule has 0 aliphatic carbocycles. The molecular weight excluding hydrogens is 370 g/mol. The quantitative estimate of drug-likeness (QED) is 0.418. The Morgan fingerprint density at radius 2 is 1.66 bits per heavy atom. The van der Waals surface area contributed by atoms with Gasteiger partial charge in [0.25, 0.3) is 11.5 Å². The molecule has 1 heterocycles. The van der Waals surface area contributed by atoms with Crippen molar-refractivity contribution in [3.05, 3.63) is 40.2 Å². The number of hydrogen-bond donors (Lipinski definition) is 3. The fourth-order valence-electron chi connectivity index (χ4n) is 3.36. The van der Waals surface area contributed by atoms with Crippen molar-refractivity contribution in [2.75, 3.05) is 0 Å². The molecule has 7 heteroatoms. The number of pyridine rings is 1. The lowest BCUT2D eigenvalue weighted by Gasteiger charge is -2.14. The molecule has 0 bridgehead atoms. The molecule has 0 aliphatic heterocycles. The number of para-hydroxylation sites is 1. The van der Waals surface area contributed by atoms with Crippen molar-refractivity contribution in [3.63, 3.8) is 0 Å². The van der Waals surface area contributed by atoms with Crippen LogP contribution in [0.4, 0.5) is 0 Å². The van der Waals surface area contributed by atoms with E-state index in [0.29, 0.717) is 30.3 Å².